The van der Waals surface area contributed by atoms with E-state index in [2.05, 4.69) is 11.9 Å². The molecule has 2 bridgehead atoms. The SMILES string of the molecule is C=C(C)C(=O)OCC(=O)OC1[CH-]C2CC1C1C(=O)NCCCCCO[C-](C)C21.[U+2]. The molecule has 5 atom stereocenters. The van der Waals surface area contributed by atoms with Crippen LogP contribution in [0.4, 0.5) is 0 Å². The summed E-state index contributed by atoms with van der Waals surface area (Å²) in [7, 11) is 0. The van der Waals surface area contributed by atoms with E-state index in [4.69, 9.17) is 14.2 Å². The van der Waals surface area contributed by atoms with E-state index in [1.807, 2.05) is 13.3 Å². The Morgan fingerprint density at radius 2 is 2.10 bits per heavy atom. The minimum Gasteiger partial charge on any atom is -0.549 e. The van der Waals surface area contributed by atoms with E-state index in [0.29, 0.717) is 13.2 Å². The monoisotopic (exact) mass is 629 g/mol. The molecule has 7 nitrogen and oxygen atoms in total. The molecule has 2 aliphatic carbocycles. The van der Waals surface area contributed by atoms with Crippen LogP contribution < -0.4 is 5.32 Å². The third-order valence-corrected chi connectivity index (χ3v) is 5.87. The number of esters is 2. The molecule has 0 aromatic carbocycles. The van der Waals surface area contributed by atoms with Crippen molar-refractivity contribution >= 4 is 17.8 Å². The van der Waals surface area contributed by atoms with Gasteiger partial charge in [0.1, 0.15) is 0 Å². The standard InChI is InChI=1S/C21H29NO6.U/c1-12(2)21(25)27-11-17(23)28-16-10-14-9-15(16)19-18(14)13(3)26-8-6-4-5-7-22-20(19)24;/h10,14-16,18-19H,1,4-9,11H2,2-3H3,(H,22,24);/q-2;+2. The van der Waals surface area contributed by atoms with E-state index in [9.17, 15) is 14.4 Å². The molecule has 0 spiro atoms. The first-order valence-electron chi connectivity index (χ1n) is 9.99. The average Bonchev–Trinajstić information content (AvgIpc) is 3.21. The number of rotatable bonds is 4. The van der Waals surface area contributed by atoms with Crippen molar-refractivity contribution in [2.45, 2.75) is 45.6 Å². The topological polar surface area (TPSA) is 90.9 Å². The Morgan fingerprint density at radius 1 is 1.34 bits per heavy atom. The van der Waals surface area contributed by atoms with Gasteiger partial charge in [0.25, 0.3) is 0 Å². The molecule has 29 heavy (non-hydrogen) atoms. The van der Waals surface area contributed by atoms with Crippen molar-refractivity contribution in [1.29, 1.82) is 0 Å². The summed E-state index contributed by atoms with van der Waals surface area (Å²) in [6.07, 6.45) is 6.16. The molecule has 1 N–H and O–H groups in total. The second kappa shape index (κ2) is 11.0. The Morgan fingerprint density at radius 3 is 2.83 bits per heavy atom. The van der Waals surface area contributed by atoms with Gasteiger partial charge in [0.2, 0.25) is 5.91 Å². The van der Waals surface area contributed by atoms with Gasteiger partial charge in [-0.3, -0.25) is 11.2 Å². The Kier molecular flexibility index (Phi) is 9.24. The minimum atomic E-state index is -0.626. The maximum absolute atomic E-state index is 12.9. The molecular weight excluding hydrogens is 600 g/mol. The summed E-state index contributed by atoms with van der Waals surface area (Å²) in [6, 6.07) is 0. The number of hydrogen-bond donors (Lipinski definition) is 1. The first kappa shape index (κ1) is 24.4. The molecular formula is C21H29NO6U. The van der Waals surface area contributed by atoms with Gasteiger partial charge >= 0.3 is 43.1 Å². The molecule has 158 valence electrons. The van der Waals surface area contributed by atoms with Crippen LogP contribution in [0.25, 0.3) is 0 Å². The molecule has 3 fully saturated rings. The first-order valence-corrected chi connectivity index (χ1v) is 9.99. The zero-order valence-corrected chi connectivity index (χ0v) is 21.2. The Bertz CT molecular complexity index is 639. The van der Waals surface area contributed by atoms with Crippen molar-refractivity contribution in [1.82, 2.24) is 5.32 Å². The number of nitrogens with one attached hydrogen (secondary N) is 1. The van der Waals surface area contributed by atoms with Crippen LogP contribution >= 0.6 is 0 Å². The van der Waals surface area contributed by atoms with Gasteiger partial charge in [-0.1, -0.05) is 13.0 Å². The van der Waals surface area contributed by atoms with Crippen molar-refractivity contribution in [3.8, 4) is 0 Å². The zero-order valence-electron chi connectivity index (χ0n) is 17.1. The molecule has 0 aromatic rings. The van der Waals surface area contributed by atoms with E-state index in [0.717, 1.165) is 31.8 Å². The number of hydrogen-bond acceptors (Lipinski definition) is 6. The summed E-state index contributed by atoms with van der Waals surface area (Å²) < 4.78 is 16.3. The molecule has 1 amide bonds. The number of carbonyl (C=O) groups excluding carboxylic acids is 3. The van der Waals surface area contributed by atoms with Gasteiger partial charge in [-0.2, -0.15) is 24.9 Å². The van der Waals surface area contributed by atoms with E-state index >= 15 is 0 Å². The van der Waals surface area contributed by atoms with E-state index in [1.54, 1.807) is 0 Å². The van der Waals surface area contributed by atoms with Crippen LogP contribution in [0.1, 0.15) is 39.5 Å². The summed E-state index contributed by atoms with van der Waals surface area (Å²) in [4.78, 5) is 36.4. The fraction of sp³-hybridized carbons (Fsp3) is 0.667. The maximum atomic E-state index is 12.9. The van der Waals surface area contributed by atoms with Crippen LogP contribution in [-0.4, -0.2) is 43.7 Å². The summed E-state index contributed by atoms with van der Waals surface area (Å²) in [5, 5.41) is 3.04. The minimum absolute atomic E-state index is 0. The van der Waals surface area contributed by atoms with Crippen LogP contribution in [0, 0.1) is 67.3 Å². The number of carbonyl (C=O) groups is 3. The first-order chi connectivity index (χ1) is 13.4. The van der Waals surface area contributed by atoms with Crippen molar-refractivity contribution in [2.75, 3.05) is 19.8 Å². The summed E-state index contributed by atoms with van der Waals surface area (Å²) in [5.41, 5.74) is 0.224. The fourth-order valence-electron chi connectivity index (χ4n) is 4.60. The van der Waals surface area contributed by atoms with E-state index in [-0.39, 0.29) is 66.3 Å². The normalized spacial score (nSPS) is 32.2. The number of ether oxygens (including phenoxy) is 3. The smallest absolute Gasteiger partial charge is 0.549 e. The van der Waals surface area contributed by atoms with Crippen molar-refractivity contribution < 1.29 is 59.7 Å². The molecule has 3 rings (SSSR count). The van der Waals surface area contributed by atoms with Gasteiger partial charge < -0.3 is 19.5 Å². The summed E-state index contributed by atoms with van der Waals surface area (Å²) in [5.74, 6) is -1.45. The van der Waals surface area contributed by atoms with Crippen molar-refractivity contribution in [3.63, 3.8) is 0 Å². The van der Waals surface area contributed by atoms with Gasteiger partial charge in [0.05, 0.1) is 0 Å². The molecule has 1 aliphatic heterocycles. The van der Waals surface area contributed by atoms with Crippen LogP contribution in [0.5, 0.6) is 0 Å². The quantitative estimate of drug-likeness (QED) is 0.291. The summed E-state index contributed by atoms with van der Waals surface area (Å²) >= 11 is 0. The van der Waals surface area contributed by atoms with Crippen molar-refractivity contribution in [3.05, 3.63) is 24.7 Å². The van der Waals surface area contributed by atoms with Crippen LogP contribution in [0.3, 0.4) is 0 Å². The van der Waals surface area contributed by atoms with Gasteiger partial charge in [-0.15, -0.1) is 0 Å². The maximum Gasteiger partial charge on any atom is 2.00 e. The molecule has 2 saturated carbocycles. The molecule has 8 heteroatoms. The molecule has 1 saturated heterocycles. The third-order valence-electron chi connectivity index (χ3n) is 5.87. The molecule has 0 aromatic heterocycles. The van der Waals surface area contributed by atoms with Gasteiger partial charge in [0.15, 0.2) is 6.61 Å². The third kappa shape index (κ3) is 5.86. The Labute approximate surface area is 196 Å². The predicted octanol–water partition coefficient (Wildman–Crippen LogP) is 1.97. The zero-order chi connectivity index (χ0) is 20.3. The Hall–Kier alpha value is -0.838. The van der Waals surface area contributed by atoms with Gasteiger partial charge in [-0.05, 0) is 38.2 Å². The van der Waals surface area contributed by atoms with E-state index < -0.39 is 24.6 Å². The van der Waals surface area contributed by atoms with Crippen LogP contribution in [0.2, 0.25) is 0 Å². The molecule has 5 unspecified atom stereocenters. The predicted molar refractivity (Wildman–Crippen MR) is 100 cm³/mol. The number of fused-ring (bicyclic) bond motifs is 5. The van der Waals surface area contributed by atoms with Crippen LogP contribution in [0.15, 0.2) is 12.2 Å². The average molecular weight is 629 g/mol. The Balaban J connectivity index is 0.00000300. The van der Waals surface area contributed by atoms with Crippen molar-refractivity contribution in [2.24, 2.45) is 23.7 Å². The largest absolute Gasteiger partial charge is 2.00 e. The summed E-state index contributed by atoms with van der Waals surface area (Å²) in [6.45, 7) is 7.81. The second-order valence-corrected chi connectivity index (χ2v) is 7.93. The number of amides is 1. The van der Waals surface area contributed by atoms with Gasteiger partial charge in [-0.25, -0.2) is 9.59 Å². The molecule has 3 aliphatic rings. The van der Waals surface area contributed by atoms with E-state index in [1.165, 1.54) is 6.92 Å². The second-order valence-electron chi connectivity index (χ2n) is 7.93. The fourth-order valence-corrected chi connectivity index (χ4v) is 4.60. The van der Waals surface area contributed by atoms with Crippen LogP contribution in [-0.2, 0) is 28.6 Å². The molecule has 0 radical (unpaired) electrons. The van der Waals surface area contributed by atoms with Gasteiger partial charge in [0, 0.05) is 24.6 Å². The molecule has 1 heterocycles.